The van der Waals surface area contributed by atoms with Crippen LogP contribution < -0.4 is 10.1 Å². The van der Waals surface area contributed by atoms with Gasteiger partial charge in [-0.15, -0.1) is 0 Å². The van der Waals surface area contributed by atoms with E-state index in [-0.39, 0.29) is 5.75 Å². The number of thioether (sulfide) groups is 1. The predicted octanol–water partition coefficient (Wildman–Crippen LogP) is 2.86. The Morgan fingerprint density at radius 3 is 2.88 bits per heavy atom. The fraction of sp³-hybridized carbons (Fsp3) is 0.200. The molecule has 1 aromatic rings. The van der Waals surface area contributed by atoms with Gasteiger partial charge < -0.3 is 4.74 Å². The van der Waals surface area contributed by atoms with E-state index in [1.807, 2.05) is 22.6 Å². The van der Waals surface area contributed by atoms with Crippen LogP contribution in [0.4, 0.5) is 10.1 Å². The van der Waals surface area contributed by atoms with Crippen LogP contribution >= 0.6 is 34.4 Å². The normalized spacial score (nSPS) is 10.9. The number of halogens is 2. The Labute approximate surface area is 116 Å². The minimum Gasteiger partial charge on any atom is -0.491 e. The highest BCUT2D eigenvalue weighted by Gasteiger charge is 2.12. The molecule has 7 heteroatoms. The van der Waals surface area contributed by atoms with Crippen molar-refractivity contribution in [3.63, 3.8) is 0 Å². The number of hydrogen-bond acceptors (Lipinski definition) is 4. The van der Waals surface area contributed by atoms with Gasteiger partial charge in [0.05, 0.1) is 10.7 Å². The van der Waals surface area contributed by atoms with Gasteiger partial charge in [-0.1, -0.05) is 11.8 Å². The van der Waals surface area contributed by atoms with Crippen molar-refractivity contribution in [1.29, 1.82) is 5.26 Å². The third-order valence-electron chi connectivity index (χ3n) is 1.81. The van der Waals surface area contributed by atoms with Crippen molar-refractivity contribution in [2.24, 2.45) is 4.99 Å². The van der Waals surface area contributed by atoms with Gasteiger partial charge in [0.25, 0.3) is 0 Å². The minimum atomic E-state index is -0.452. The highest BCUT2D eigenvalue weighted by Crippen LogP contribution is 2.33. The summed E-state index contributed by atoms with van der Waals surface area (Å²) in [6.07, 6.45) is 3.53. The van der Waals surface area contributed by atoms with E-state index in [2.05, 4.69) is 10.3 Å². The van der Waals surface area contributed by atoms with E-state index >= 15 is 0 Å². The minimum absolute atomic E-state index is 0.0724. The maximum absolute atomic E-state index is 13.7. The fourth-order valence-corrected chi connectivity index (χ4v) is 1.85. The number of ether oxygens (including phenoxy) is 1. The zero-order valence-electron chi connectivity index (χ0n) is 9.12. The van der Waals surface area contributed by atoms with Crippen LogP contribution in [0.25, 0.3) is 0 Å². The van der Waals surface area contributed by atoms with Crippen molar-refractivity contribution in [3.05, 3.63) is 21.5 Å². The third-order valence-corrected chi connectivity index (χ3v) is 3.22. The maximum atomic E-state index is 13.7. The van der Waals surface area contributed by atoms with Crippen LogP contribution in [0, 0.1) is 20.8 Å². The number of benzene rings is 1. The molecule has 4 nitrogen and oxygen atoms in total. The molecule has 1 N–H and O–H groups in total. The quantitative estimate of drug-likeness (QED) is 0.288. The number of nitriles is 1. The van der Waals surface area contributed by atoms with Crippen LogP contribution in [-0.4, -0.2) is 18.5 Å². The molecule has 0 atom stereocenters. The lowest BCUT2D eigenvalue weighted by Crippen LogP contribution is -2.12. The highest BCUT2D eigenvalue weighted by atomic mass is 127. The van der Waals surface area contributed by atoms with E-state index in [0.29, 0.717) is 14.4 Å². The smallest absolute Gasteiger partial charge is 0.183 e. The van der Waals surface area contributed by atoms with Gasteiger partial charge in [0.2, 0.25) is 0 Å². The second-order valence-corrected chi connectivity index (χ2v) is 4.73. The summed E-state index contributed by atoms with van der Waals surface area (Å²) in [7, 11) is 1.38. The molecule has 1 aromatic carbocycles. The lowest BCUT2D eigenvalue weighted by atomic mass is 10.3. The van der Waals surface area contributed by atoms with Gasteiger partial charge in [-0.3, -0.25) is 5.32 Å². The van der Waals surface area contributed by atoms with Gasteiger partial charge in [-0.25, -0.2) is 9.38 Å². The third kappa shape index (κ3) is 3.47. The number of nitrogens with zero attached hydrogens (tertiary/aromatic N) is 2. The summed E-state index contributed by atoms with van der Waals surface area (Å²) in [6, 6.07) is 3.24. The van der Waals surface area contributed by atoms with Crippen molar-refractivity contribution >= 4 is 45.2 Å². The molecule has 0 aliphatic carbocycles. The Balaban J connectivity index is 3.23. The van der Waals surface area contributed by atoms with Gasteiger partial charge in [0.15, 0.2) is 22.9 Å². The summed E-state index contributed by atoms with van der Waals surface area (Å²) in [5, 5.41) is 11.3. The molecule has 0 aliphatic rings. The monoisotopic (exact) mass is 365 g/mol. The summed E-state index contributed by atoms with van der Waals surface area (Å²) in [5.74, 6) is -0.380. The van der Waals surface area contributed by atoms with Crippen molar-refractivity contribution < 1.29 is 9.13 Å². The second kappa shape index (κ2) is 6.66. The Morgan fingerprint density at radius 1 is 1.65 bits per heavy atom. The SMILES string of the molecule is COc1c(N=C(NC#N)SC)ccc(I)c1F. The number of amidine groups is 1. The Kier molecular flexibility index (Phi) is 5.50. The summed E-state index contributed by atoms with van der Waals surface area (Å²) < 4.78 is 19.1. The first-order chi connectivity index (χ1) is 8.13. The summed E-state index contributed by atoms with van der Waals surface area (Å²) >= 11 is 3.13. The van der Waals surface area contributed by atoms with Crippen molar-refractivity contribution in [3.8, 4) is 11.9 Å². The van der Waals surface area contributed by atoms with E-state index in [1.165, 1.54) is 18.9 Å². The molecule has 0 bridgehead atoms. The molecular weight excluding hydrogens is 356 g/mol. The second-order valence-electron chi connectivity index (χ2n) is 2.77. The van der Waals surface area contributed by atoms with Gasteiger partial charge in [-0.05, 0) is 41.0 Å². The number of aliphatic imine (C=N–C) groups is 1. The molecule has 0 fully saturated rings. The van der Waals surface area contributed by atoms with Gasteiger partial charge >= 0.3 is 0 Å². The number of nitrogens with one attached hydrogen (secondary N) is 1. The van der Waals surface area contributed by atoms with Crippen LogP contribution in [0.5, 0.6) is 5.75 Å². The van der Waals surface area contributed by atoms with Crippen LogP contribution in [-0.2, 0) is 0 Å². The zero-order valence-corrected chi connectivity index (χ0v) is 12.1. The molecule has 90 valence electrons. The van der Waals surface area contributed by atoms with Gasteiger partial charge in [-0.2, -0.15) is 5.26 Å². The van der Waals surface area contributed by atoms with E-state index in [4.69, 9.17) is 10.00 Å². The van der Waals surface area contributed by atoms with Crippen LogP contribution in [0.2, 0.25) is 0 Å². The molecule has 0 aliphatic heterocycles. The van der Waals surface area contributed by atoms with Crippen molar-refractivity contribution in [2.75, 3.05) is 13.4 Å². The van der Waals surface area contributed by atoms with E-state index in [0.717, 1.165) is 0 Å². The van der Waals surface area contributed by atoms with Crippen molar-refractivity contribution in [1.82, 2.24) is 5.32 Å². The summed E-state index contributed by atoms with van der Waals surface area (Å²) in [5.41, 5.74) is 0.345. The summed E-state index contributed by atoms with van der Waals surface area (Å²) in [6.45, 7) is 0. The summed E-state index contributed by atoms with van der Waals surface area (Å²) in [4.78, 5) is 4.12. The molecule has 0 heterocycles. The number of methoxy groups -OCH3 is 1. The maximum Gasteiger partial charge on any atom is 0.183 e. The lowest BCUT2D eigenvalue weighted by Gasteiger charge is -2.08. The van der Waals surface area contributed by atoms with Crippen LogP contribution in [0.1, 0.15) is 0 Å². The van der Waals surface area contributed by atoms with E-state index in [1.54, 1.807) is 24.6 Å². The molecule has 0 spiro atoms. The molecule has 0 aromatic heterocycles. The molecule has 1 rings (SSSR count). The molecule has 17 heavy (non-hydrogen) atoms. The molecule has 0 saturated carbocycles. The molecule has 0 unspecified atom stereocenters. The van der Waals surface area contributed by atoms with E-state index < -0.39 is 5.82 Å². The first-order valence-corrected chi connectivity index (χ1v) is 6.74. The predicted molar refractivity (Wildman–Crippen MR) is 75.0 cm³/mol. The van der Waals surface area contributed by atoms with Crippen molar-refractivity contribution in [2.45, 2.75) is 0 Å². The Hall–Kier alpha value is -1.01. The van der Waals surface area contributed by atoms with Gasteiger partial charge in [0.1, 0.15) is 5.69 Å². The largest absolute Gasteiger partial charge is 0.491 e. The number of rotatable bonds is 2. The Morgan fingerprint density at radius 2 is 2.35 bits per heavy atom. The molecular formula is C10H9FIN3OS. The standard InChI is InChI=1S/C10H9FIN3OS/c1-16-9-7(4-3-6(12)8(9)11)15-10(17-2)14-5-13/h3-4H,1-2H3,(H,14,15). The van der Waals surface area contributed by atoms with Crippen LogP contribution in [0.15, 0.2) is 17.1 Å². The first kappa shape index (κ1) is 14.1. The fourth-order valence-electron chi connectivity index (χ4n) is 1.09. The topological polar surface area (TPSA) is 57.4 Å². The molecule has 0 amide bonds. The average molecular weight is 365 g/mol. The molecule has 0 radical (unpaired) electrons. The van der Waals surface area contributed by atoms with Gasteiger partial charge in [0, 0.05) is 0 Å². The average Bonchev–Trinajstić information content (AvgIpc) is 2.33. The van der Waals surface area contributed by atoms with E-state index in [9.17, 15) is 4.39 Å². The molecule has 0 saturated heterocycles. The number of hydrogen-bond donors (Lipinski definition) is 1. The van der Waals surface area contributed by atoms with Crippen LogP contribution in [0.3, 0.4) is 0 Å². The lowest BCUT2D eigenvalue weighted by molar-refractivity contribution is 0.386. The zero-order chi connectivity index (χ0) is 12.8. The first-order valence-electron chi connectivity index (χ1n) is 4.43. The Bertz CT molecular complexity index is 487. The highest BCUT2D eigenvalue weighted by molar-refractivity contribution is 14.1.